The Morgan fingerprint density at radius 2 is 2.00 bits per heavy atom. The molecule has 1 aliphatic heterocycles. The number of likely N-dealkylation sites (tertiary alicyclic amines) is 1. The topological polar surface area (TPSA) is 83.0 Å². The number of alkyl halides is 2. The lowest BCUT2D eigenvalue weighted by Gasteiger charge is -2.37. The van der Waals surface area contributed by atoms with E-state index < -0.39 is 24.4 Å². The van der Waals surface area contributed by atoms with Crippen molar-refractivity contribution in [3.8, 4) is 5.88 Å². The third kappa shape index (κ3) is 5.86. The van der Waals surface area contributed by atoms with E-state index in [9.17, 15) is 13.6 Å². The zero-order chi connectivity index (χ0) is 22.3. The van der Waals surface area contributed by atoms with E-state index in [2.05, 4.69) is 9.97 Å². The van der Waals surface area contributed by atoms with Crippen molar-refractivity contribution >= 4 is 6.09 Å². The first kappa shape index (κ1) is 22.8. The van der Waals surface area contributed by atoms with Crippen LogP contribution >= 0.6 is 0 Å². The molecule has 31 heavy (non-hydrogen) atoms. The van der Waals surface area contributed by atoms with Gasteiger partial charge in [-0.15, -0.1) is 0 Å². The first-order valence-electron chi connectivity index (χ1n) is 9.74. The summed E-state index contributed by atoms with van der Waals surface area (Å²) in [5, 5.41) is 0. The van der Waals surface area contributed by atoms with Gasteiger partial charge in [-0.25, -0.2) is 23.5 Å². The SMILES string of the molecule is COCOCc1nc(C2CN(C(=O)OCc3ccccc3)CCC2(F)F)cnc1OC. The summed E-state index contributed by atoms with van der Waals surface area (Å²) in [6.07, 6.45) is 0.103. The highest BCUT2D eigenvalue weighted by atomic mass is 19.3. The number of rotatable bonds is 8. The fourth-order valence-electron chi connectivity index (χ4n) is 3.28. The van der Waals surface area contributed by atoms with Crippen LogP contribution in [-0.2, 0) is 27.4 Å². The molecule has 0 N–H and O–H groups in total. The van der Waals surface area contributed by atoms with Gasteiger partial charge < -0.3 is 23.8 Å². The number of benzene rings is 1. The van der Waals surface area contributed by atoms with Gasteiger partial charge in [-0.2, -0.15) is 0 Å². The summed E-state index contributed by atoms with van der Waals surface area (Å²) in [6.45, 7) is -0.278. The van der Waals surface area contributed by atoms with Crippen LogP contribution in [0, 0.1) is 0 Å². The van der Waals surface area contributed by atoms with Crippen LogP contribution in [-0.4, -0.2) is 61.0 Å². The molecule has 168 valence electrons. The fourth-order valence-corrected chi connectivity index (χ4v) is 3.28. The second kappa shape index (κ2) is 10.5. The first-order chi connectivity index (χ1) is 14.9. The Balaban J connectivity index is 1.72. The highest BCUT2D eigenvalue weighted by Gasteiger charge is 2.47. The Morgan fingerprint density at radius 1 is 1.23 bits per heavy atom. The Kier molecular flexibility index (Phi) is 7.69. The molecule has 10 heteroatoms. The number of nitrogens with zero attached hydrogens (tertiary/aromatic N) is 3. The van der Waals surface area contributed by atoms with E-state index in [1.807, 2.05) is 30.3 Å². The maximum Gasteiger partial charge on any atom is 0.410 e. The van der Waals surface area contributed by atoms with Crippen molar-refractivity contribution in [2.45, 2.75) is 31.5 Å². The van der Waals surface area contributed by atoms with Crippen molar-refractivity contribution in [3.05, 3.63) is 53.5 Å². The molecule has 1 aromatic carbocycles. The van der Waals surface area contributed by atoms with Crippen LogP contribution in [0.4, 0.5) is 13.6 Å². The van der Waals surface area contributed by atoms with E-state index >= 15 is 0 Å². The molecular formula is C21H25F2N3O5. The zero-order valence-electron chi connectivity index (χ0n) is 17.4. The Hall–Kier alpha value is -2.85. The summed E-state index contributed by atoms with van der Waals surface area (Å²) in [4.78, 5) is 22.1. The summed E-state index contributed by atoms with van der Waals surface area (Å²) in [6, 6.07) is 9.15. The Bertz CT molecular complexity index is 869. The fraction of sp³-hybridized carbons (Fsp3) is 0.476. The number of carbonyl (C=O) groups is 1. The summed E-state index contributed by atoms with van der Waals surface area (Å²) >= 11 is 0. The molecule has 1 saturated heterocycles. The molecule has 0 aliphatic carbocycles. The van der Waals surface area contributed by atoms with Gasteiger partial charge in [0.15, 0.2) is 0 Å². The quantitative estimate of drug-likeness (QED) is 0.463. The van der Waals surface area contributed by atoms with E-state index in [0.29, 0.717) is 0 Å². The van der Waals surface area contributed by atoms with Crippen LogP contribution in [0.2, 0.25) is 0 Å². The van der Waals surface area contributed by atoms with Crippen LogP contribution in [0.5, 0.6) is 5.88 Å². The number of halogens is 2. The predicted octanol–water partition coefficient (Wildman–Crippen LogP) is 3.37. The van der Waals surface area contributed by atoms with Crippen molar-refractivity contribution in [1.82, 2.24) is 14.9 Å². The molecule has 1 unspecified atom stereocenters. The molecule has 1 amide bonds. The van der Waals surface area contributed by atoms with Crippen molar-refractivity contribution in [3.63, 3.8) is 0 Å². The van der Waals surface area contributed by atoms with Gasteiger partial charge in [0.1, 0.15) is 19.1 Å². The summed E-state index contributed by atoms with van der Waals surface area (Å²) in [5.41, 5.74) is 1.15. The molecule has 3 rings (SSSR count). The number of methoxy groups -OCH3 is 2. The lowest BCUT2D eigenvalue weighted by atomic mass is 9.91. The predicted molar refractivity (Wildman–Crippen MR) is 106 cm³/mol. The average molecular weight is 437 g/mol. The molecule has 1 aliphatic rings. The van der Waals surface area contributed by atoms with E-state index in [0.717, 1.165) is 5.56 Å². The number of hydrogen-bond donors (Lipinski definition) is 0. The summed E-state index contributed by atoms with van der Waals surface area (Å²) in [7, 11) is 2.87. The van der Waals surface area contributed by atoms with Gasteiger partial charge in [-0.05, 0) is 5.56 Å². The minimum Gasteiger partial charge on any atom is -0.480 e. The number of piperidine rings is 1. The summed E-state index contributed by atoms with van der Waals surface area (Å²) < 4.78 is 50.0. The van der Waals surface area contributed by atoms with Gasteiger partial charge in [-0.3, -0.25) is 0 Å². The Morgan fingerprint density at radius 3 is 2.71 bits per heavy atom. The lowest BCUT2D eigenvalue weighted by molar-refractivity contribution is -0.0743. The number of ether oxygens (including phenoxy) is 4. The van der Waals surface area contributed by atoms with Gasteiger partial charge in [0.05, 0.1) is 31.5 Å². The molecule has 1 atom stereocenters. The number of hydrogen-bond acceptors (Lipinski definition) is 7. The molecule has 1 aromatic heterocycles. The maximum absolute atomic E-state index is 14.7. The minimum atomic E-state index is -3.05. The van der Waals surface area contributed by atoms with Gasteiger partial charge in [0.2, 0.25) is 5.88 Å². The molecule has 0 spiro atoms. The van der Waals surface area contributed by atoms with Crippen LogP contribution in [0.3, 0.4) is 0 Å². The molecular weight excluding hydrogens is 412 g/mol. The molecule has 0 saturated carbocycles. The molecule has 8 nitrogen and oxygen atoms in total. The largest absolute Gasteiger partial charge is 0.480 e. The smallest absolute Gasteiger partial charge is 0.410 e. The van der Waals surface area contributed by atoms with Gasteiger partial charge in [0.25, 0.3) is 5.92 Å². The van der Waals surface area contributed by atoms with Gasteiger partial charge in [-0.1, -0.05) is 30.3 Å². The normalized spacial score (nSPS) is 17.9. The third-order valence-corrected chi connectivity index (χ3v) is 4.91. The highest BCUT2D eigenvalue weighted by Crippen LogP contribution is 2.40. The van der Waals surface area contributed by atoms with Gasteiger partial charge >= 0.3 is 6.09 Å². The lowest BCUT2D eigenvalue weighted by Crippen LogP contribution is -2.48. The van der Waals surface area contributed by atoms with Crippen molar-refractivity contribution < 1.29 is 32.5 Å². The highest BCUT2D eigenvalue weighted by molar-refractivity contribution is 5.68. The molecule has 0 bridgehead atoms. The van der Waals surface area contributed by atoms with Crippen LogP contribution in [0.15, 0.2) is 36.5 Å². The molecule has 0 radical (unpaired) electrons. The van der Waals surface area contributed by atoms with E-state index in [1.165, 1.54) is 25.3 Å². The monoisotopic (exact) mass is 437 g/mol. The van der Waals surface area contributed by atoms with Gasteiger partial charge in [0, 0.05) is 26.6 Å². The van der Waals surface area contributed by atoms with Crippen LogP contribution in [0.25, 0.3) is 0 Å². The minimum absolute atomic E-state index is 0.00961. The van der Waals surface area contributed by atoms with Crippen LogP contribution < -0.4 is 4.74 Å². The van der Waals surface area contributed by atoms with Crippen molar-refractivity contribution in [2.75, 3.05) is 34.1 Å². The summed E-state index contributed by atoms with van der Waals surface area (Å²) in [5.74, 6) is -4.20. The third-order valence-electron chi connectivity index (χ3n) is 4.91. The number of aromatic nitrogens is 2. The number of carbonyl (C=O) groups excluding carboxylic acids is 1. The van der Waals surface area contributed by atoms with E-state index in [1.54, 1.807) is 0 Å². The van der Waals surface area contributed by atoms with E-state index in [4.69, 9.17) is 18.9 Å². The molecule has 2 heterocycles. The average Bonchev–Trinajstić information content (AvgIpc) is 2.78. The molecule has 1 fully saturated rings. The van der Waals surface area contributed by atoms with Crippen LogP contribution in [0.1, 0.15) is 29.3 Å². The Labute approximate surface area is 179 Å². The van der Waals surface area contributed by atoms with E-state index in [-0.39, 0.29) is 50.4 Å². The maximum atomic E-state index is 14.7. The van der Waals surface area contributed by atoms with Crippen molar-refractivity contribution in [2.24, 2.45) is 0 Å². The second-order valence-corrected chi connectivity index (χ2v) is 7.06. The standard InChI is InChI=1S/C21H25F2N3O5/c1-28-14-30-13-18-19(29-2)24-10-17(25-18)16-11-26(9-8-21(16,22)23)20(27)31-12-15-6-4-3-5-7-15/h3-7,10,16H,8-9,11-14H2,1-2H3. The zero-order valence-corrected chi connectivity index (χ0v) is 17.4. The number of amides is 1. The second-order valence-electron chi connectivity index (χ2n) is 7.06. The first-order valence-corrected chi connectivity index (χ1v) is 9.74. The van der Waals surface area contributed by atoms with Crippen molar-refractivity contribution in [1.29, 1.82) is 0 Å². The molecule has 2 aromatic rings.